The lowest BCUT2D eigenvalue weighted by atomic mass is 10.2. The van der Waals surface area contributed by atoms with E-state index in [9.17, 15) is 23.3 Å². The highest BCUT2D eigenvalue weighted by atomic mass is 35.5. The van der Waals surface area contributed by atoms with E-state index >= 15 is 0 Å². The number of sulfonamides is 1. The molecule has 2 aromatic carbocycles. The Balaban J connectivity index is 2.71. The minimum absolute atomic E-state index is 0.0119. The number of methoxy groups -OCH3 is 1. The van der Waals surface area contributed by atoms with Gasteiger partial charge in [0.2, 0.25) is 5.24 Å². The molecule has 12 heteroatoms. The second-order valence-electron chi connectivity index (χ2n) is 5.06. The maximum Gasteiger partial charge on any atom is 0.271 e. The van der Waals surface area contributed by atoms with Crippen molar-refractivity contribution in [3.05, 3.63) is 56.6 Å². The third kappa shape index (κ3) is 4.62. The first-order chi connectivity index (χ1) is 12.6. The first-order valence-corrected chi connectivity index (χ1v) is 9.64. The van der Waals surface area contributed by atoms with Gasteiger partial charge in [-0.3, -0.25) is 19.2 Å². The van der Waals surface area contributed by atoms with Crippen LogP contribution in [0.4, 0.5) is 11.4 Å². The number of carbonyl (C=O) groups is 1. The van der Waals surface area contributed by atoms with E-state index in [0.29, 0.717) is 4.31 Å². The number of carbonyl (C=O) groups excluding carboxylic acids is 1. The maximum atomic E-state index is 13.1. The number of rotatable bonds is 7. The van der Waals surface area contributed by atoms with E-state index in [1.54, 1.807) is 0 Å². The van der Waals surface area contributed by atoms with Crippen LogP contribution in [0.2, 0.25) is 10.0 Å². The van der Waals surface area contributed by atoms with Crippen LogP contribution in [-0.4, -0.2) is 32.2 Å². The molecule has 0 saturated heterocycles. The normalized spacial score (nSPS) is 11.1. The third-order valence-corrected chi connectivity index (χ3v) is 6.00. The van der Waals surface area contributed by atoms with E-state index in [1.165, 1.54) is 25.3 Å². The van der Waals surface area contributed by atoms with Crippen LogP contribution in [0, 0.1) is 10.1 Å². The zero-order valence-corrected chi connectivity index (χ0v) is 16.6. The van der Waals surface area contributed by atoms with Crippen molar-refractivity contribution in [1.29, 1.82) is 0 Å². The Bertz CT molecular complexity index is 1010. The SMILES string of the molecule is COc1ccc([N+](=O)[O-])cc1N(CC(=O)Cl)S(=O)(=O)c1ccc(Cl)c(Cl)c1. The standard InChI is InChI=1S/C15H11Cl3N2O6S/c1-26-14-5-2-9(20(22)23)6-13(14)19(8-15(18)21)27(24,25)10-3-4-11(16)12(17)7-10/h2-7H,8H2,1H3. The highest BCUT2D eigenvalue weighted by Gasteiger charge is 2.31. The molecule has 0 bridgehead atoms. The Morgan fingerprint density at radius 2 is 1.85 bits per heavy atom. The van der Waals surface area contributed by atoms with E-state index in [2.05, 4.69) is 0 Å². The molecule has 0 radical (unpaired) electrons. The van der Waals surface area contributed by atoms with Gasteiger partial charge in [-0.05, 0) is 35.9 Å². The molecule has 0 atom stereocenters. The molecule has 0 unspecified atom stereocenters. The molecule has 27 heavy (non-hydrogen) atoms. The van der Waals surface area contributed by atoms with Crippen LogP contribution in [0.15, 0.2) is 41.3 Å². The number of nitro groups is 1. The highest BCUT2D eigenvalue weighted by Crippen LogP contribution is 2.36. The van der Waals surface area contributed by atoms with Crippen molar-refractivity contribution in [2.75, 3.05) is 18.0 Å². The maximum absolute atomic E-state index is 13.1. The topological polar surface area (TPSA) is 107 Å². The molecule has 0 N–H and O–H groups in total. The highest BCUT2D eigenvalue weighted by molar-refractivity contribution is 7.92. The van der Waals surface area contributed by atoms with E-state index in [4.69, 9.17) is 39.5 Å². The summed E-state index contributed by atoms with van der Waals surface area (Å²) in [5, 5.41) is 10.2. The second kappa shape index (κ2) is 8.30. The van der Waals surface area contributed by atoms with Crippen LogP contribution in [0.1, 0.15) is 0 Å². The van der Waals surface area contributed by atoms with Crippen LogP contribution in [0.5, 0.6) is 5.75 Å². The van der Waals surface area contributed by atoms with Crippen molar-refractivity contribution in [2.45, 2.75) is 4.90 Å². The fourth-order valence-corrected chi connectivity index (χ4v) is 4.17. The lowest BCUT2D eigenvalue weighted by Crippen LogP contribution is -2.34. The Labute approximate surface area is 169 Å². The number of hydrogen-bond donors (Lipinski definition) is 0. The first kappa shape index (κ1) is 21.2. The largest absolute Gasteiger partial charge is 0.495 e. The summed E-state index contributed by atoms with van der Waals surface area (Å²) in [6.45, 7) is -0.790. The first-order valence-electron chi connectivity index (χ1n) is 7.06. The van der Waals surface area contributed by atoms with Gasteiger partial charge in [-0.2, -0.15) is 0 Å². The summed E-state index contributed by atoms with van der Waals surface area (Å²) in [6.07, 6.45) is 0. The minimum atomic E-state index is -4.38. The molecule has 0 amide bonds. The van der Waals surface area contributed by atoms with E-state index in [1.807, 2.05) is 0 Å². The molecule has 0 aliphatic rings. The zero-order chi connectivity index (χ0) is 20.4. The second-order valence-corrected chi connectivity index (χ2v) is 8.15. The quantitative estimate of drug-likeness (QED) is 0.358. The van der Waals surface area contributed by atoms with Gasteiger partial charge >= 0.3 is 0 Å². The van der Waals surface area contributed by atoms with Gasteiger partial charge in [0, 0.05) is 12.1 Å². The van der Waals surface area contributed by atoms with Crippen LogP contribution < -0.4 is 9.04 Å². The number of nitro benzene ring substituents is 1. The van der Waals surface area contributed by atoms with Crippen LogP contribution in [0.25, 0.3) is 0 Å². The van der Waals surface area contributed by atoms with Gasteiger partial charge in [0.25, 0.3) is 15.7 Å². The Kier molecular flexibility index (Phi) is 6.53. The summed E-state index contributed by atoms with van der Waals surface area (Å²) in [5.41, 5.74) is -0.631. The smallest absolute Gasteiger partial charge is 0.271 e. The van der Waals surface area contributed by atoms with Crippen molar-refractivity contribution in [1.82, 2.24) is 0 Å². The Hall–Kier alpha value is -2.07. The molecule has 0 saturated carbocycles. The summed E-state index contributed by atoms with van der Waals surface area (Å²) in [7, 11) is -3.13. The van der Waals surface area contributed by atoms with Crippen LogP contribution >= 0.6 is 34.8 Å². The molecule has 2 rings (SSSR count). The number of hydrogen-bond acceptors (Lipinski definition) is 6. The fraction of sp³-hybridized carbons (Fsp3) is 0.133. The molecule has 0 spiro atoms. The minimum Gasteiger partial charge on any atom is -0.495 e. The molecular weight excluding hydrogens is 443 g/mol. The van der Waals surface area contributed by atoms with Crippen molar-refractivity contribution in [2.24, 2.45) is 0 Å². The van der Waals surface area contributed by atoms with Gasteiger partial charge in [0.15, 0.2) is 0 Å². The van der Waals surface area contributed by atoms with E-state index in [-0.39, 0.29) is 26.4 Å². The molecule has 2 aromatic rings. The number of ether oxygens (including phenoxy) is 1. The van der Waals surface area contributed by atoms with Gasteiger partial charge in [-0.25, -0.2) is 8.42 Å². The number of benzene rings is 2. The van der Waals surface area contributed by atoms with E-state index in [0.717, 1.165) is 18.2 Å². The van der Waals surface area contributed by atoms with Crippen molar-refractivity contribution < 1.29 is 22.9 Å². The van der Waals surface area contributed by atoms with Gasteiger partial charge in [-0.15, -0.1) is 0 Å². The lowest BCUT2D eigenvalue weighted by molar-refractivity contribution is -0.384. The number of nitrogens with zero attached hydrogens (tertiary/aromatic N) is 2. The molecular formula is C15H11Cl3N2O6S. The predicted octanol–water partition coefficient (Wildman–Crippen LogP) is 3.87. The number of non-ortho nitro benzene ring substituents is 1. The predicted molar refractivity (Wildman–Crippen MR) is 102 cm³/mol. The van der Waals surface area contributed by atoms with Gasteiger partial charge in [0.1, 0.15) is 18.0 Å². The number of halogens is 3. The zero-order valence-electron chi connectivity index (χ0n) is 13.6. The molecule has 0 aliphatic heterocycles. The fourth-order valence-electron chi connectivity index (χ4n) is 2.16. The van der Waals surface area contributed by atoms with Crippen LogP contribution in [0.3, 0.4) is 0 Å². The average Bonchev–Trinajstić information content (AvgIpc) is 2.61. The summed E-state index contributed by atoms with van der Waals surface area (Å²) >= 11 is 17.1. The van der Waals surface area contributed by atoms with Crippen molar-refractivity contribution >= 4 is 61.4 Å². The van der Waals surface area contributed by atoms with Crippen LogP contribution in [-0.2, 0) is 14.8 Å². The molecule has 0 heterocycles. The van der Waals surface area contributed by atoms with Gasteiger partial charge in [0.05, 0.1) is 27.0 Å². The summed E-state index contributed by atoms with van der Waals surface area (Å²) in [6, 6.07) is 6.85. The third-order valence-electron chi connectivity index (χ3n) is 3.39. The van der Waals surface area contributed by atoms with E-state index < -0.39 is 32.4 Å². The molecule has 0 fully saturated rings. The van der Waals surface area contributed by atoms with Crippen molar-refractivity contribution in [3.8, 4) is 5.75 Å². The molecule has 0 aliphatic carbocycles. The van der Waals surface area contributed by atoms with Gasteiger partial charge < -0.3 is 4.74 Å². The van der Waals surface area contributed by atoms with Crippen molar-refractivity contribution in [3.63, 3.8) is 0 Å². The Morgan fingerprint density at radius 1 is 1.19 bits per heavy atom. The molecule has 8 nitrogen and oxygen atoms in total. The monoisotopic (exact) mass is 452 g/mol. The summed E-state index contributed by atoms with van der Waals surface area (Å²) in [4.78, 5) is 21.6. The summed E-state index contributed by atoms with van der Waals surface area (Å²) < 4.78 is 31.8. The number of anilines is 1. The lowest BCUT2D eigenvalue weighted by Gasteiger charge is -2.24. The molecule has 0 aromatic heterocycles. The Morgan fingerprint density at radius 3 is 2.37 bits per heavy atom. The van der Waals surface area contributed by atoms with Gasteiger partial charge in [-0.1, -0.05) is 23.2 Å². The average molecular weight is 454 g/mol. The summed E-state index contributed by atoms with van der Waals surface area (Å²) in [5.74, 6) is -0.0119. The molecule has 144 valence electrons.